The lowest BCUT2D eigenvalue weighted by Crippen LogP contribution is -2.43. The normalized spacial score (nSPS) is 23.0. The zero-order chi connectivity index (χ0) is 11.3. The third kappa shape index (κ3) is 3.70. The minimum absolute atomic E-state index is 0.0756. The van der Waals surface area contributed by atoms with Gasteiger partial charge in [-0.15, -0.1) is 0 Å². The quantitative estimate of drug-likeness (QED) is 0.651. The summed E-state index contributed by atoms with van der Waals surface area (Å²) in [6, 6.07) is 0.780. The number of rotatable bonds is 6. The lowest BCUT2D eigenvalue weighted by atomic mass is 10.2. The average molecular weight is 213 g/mol. The molecule has 1 saturated heterocycles. The van der Waals surface area contributed by atoms with Gasteiger partial charge in [-0.05, 0) is 26.8 Å². The molecule has 0 saturated carbocycles. The van der Waals surface area contributed by atoms with Crippen molar-refractivity contribution in [3.05, 3.63) is 0 Å². The van der Waals surface area contributed by atoms with Crippen LogP contribution >= 0.6 is 0 Å². The second-order valence-corrected chi connectivity index (χ2v) is 4.40. The van der Waals surface area contributed by atoms with Gasteiger partial charge in [-0.1, -0.05) is 13.3 Å². The van der Waals surface area contributed by atoms with Crippen molar-refractivity contribution < 1.29 is 4.79 Å². The van der Waals surface area contributed by atoms with Crippen LogP contribution in [0.2, 0.25) is 0 Å². The van der Waals surface area contributed by atoms with Crippen molar-refractivity contribution in [2.24, 2.45) is 0 Å². The largest absolute Gasteiger partial charge is 0.336 e. The third-order valence-electron chi connectivity index (χ3n) is 2.84. The zero-order valence-corrected chi connectivity index (χ0v) is 10.0. The monoisotopic (exact) mass is 213 g/mol. The Morgan fingerprint density at radius 2 is 2.40 bits per heavy atom. The Morgan fingerprint density at radius 3 is 2.93 bits per heavy atom. The van der Waals surface area contributed by atoms with Gasteiger partial charge in [-0.25, -0.2) is 4.79 Å². The van der Waals surface area contributed by atoms with Crippen molar-refractivity contribution >= 4 is 6.03 Å². The van der Waals surface area contributed by atoms with Crippen LogP contribution in [-0.4, -0.2) is 42.6 Å². The van der Waals surface area contributed by atoms with E-state index in [9.17, 15) is 4.79 Å². The van der Waals surface area contributed by atoms with Crippen molar-refractivity contribution in [3.63, 3.8) is 0 Å². The van der Waals surface area contributed by atoms with Gasteiger partial charge in [0, 0.05) is 25.2 Å². The first-order valence-electron chi connectivity index (χ1n) is 5.93. The number of nitrogens with one attached hydrogen (secondary N) is 2. The summed E-state index contributed by atoms with van der Waals surface area (Å²) in [6.45, 7) is 9.02. The number of amides is 2. The van der Waals surface area contributed by atoms with Crippen LogP contribution in [0, 0.1) is 0 Å². The average Bonchev–Trinajstić information content (AvgIpc) is 2.50. The highest BCUT2D eigenvalue weighted by Crippen LogP contribution is 2.06. The third-order valence-corrected chi connectivity index (χ3v) is 2.84. The van der Waals surface area contributed by atoms with Crippen LogP contribution < -0.4 is 10.6 Å². The van der Waals surface area contributed by atoms with E-state index in [1.165, 1.54) is 12.8 Å². The summed E-state index contributed by atoms with van der Waals surface area (Å²) in [5, 5.41) is 6.28. The Labute approximate surface area is 92.4 Å². The molecular formula is C11H23N3O. The van der Waals surface area contributed by atoms with Crippen molar-refractivity contribution in [1.29, 1.82) is 0 Å². The highest BCUT2D eigenvalue weighted by atomic mass is 16.2. The predicted molar refractivity (Wildman–Crippen MR) is 61.9 cm³/mol. The zero-order valence-electron chi connectivity index (χ0n) is 10.0. The molecule has 1 aliphatic heterocycles. The Balaban J connectivity index is 2.24. The first-order chi connectivity index (χ1) is 7.15. The number of urea groups is 1. The molecule has 0 radical (unpaired) electrons. The van der Waals surface area contributed by atoms with Crippen LogP contribution in [0.3, 0.4) is 0 Å². The van der Waals surface area contributed by atoms with Gasteiger partial charge in [-0.3, -0.25) is 0 Å². The number of carbonyl (C=O) groups excluding carboxylic acids is 1. The number of hydrogen-bond donors (Lipinski definition) is 2. The molecular weight excluding hydrogens is 190 g/mol. The molecule has 1 rings (SSSR count). The molecule has 0 aliphatic carbocycles. The molecule has 1 aliphatic rings. The van der Waals surface area contributed by atoms with Gasteiger partial charge >= 0.3 is 6.03 Å². The molecule has 88 valence electrons. The van der Waals surface area contributed by atoms with E-state index in [1.54, 1.807) is 0 Å². The number of carbonyl (C=O) groups is 1. The van der Waals surface area contributed by atoms with Gasteiger partial charge in [0.05, 0.1) is 0 Å². The topological polar surface area (TPSA) is 44.4 Å². The Morgan fingerprint density at radius 1 is 1.67 bits per heavy atom. The second kappa shape index (κ2) is 5.95. The first-order valence-corrected chi connectivity index (χ1v) is 5.93. The van der Waals surface area contributed by atoms with Crippen LogP contribution in [0.25, 0.3) is 0 Å². The number of unbranched alkanes of at least 4 members (excludes halogenated alkanes) is 1. The maximum absolute atomic E-state index is 11.4. The molecule has 2 unspecified atom stereocenters. The molecule has 2 N–H and O–H groups in total. The molecule has 1 heterocycles. The summed E-state index contributed by atoms with van der Waals surface area (Å²) in [6.07, 6.45) is 2.41. The van der Waals surface area contributed by atoms with Gasteiger partial charge in [0.25, 0.3) is 0 Å². The predicted octanol–water partition coefficient (Wildman–Crippen LogP) is 1.18. The van der Waals surface area contributed by atoms with Crippen LogP contribution in [0.5, 0.6) is 0 Å². The molecule has 4 heteroatoms. The van der Waals surface area contributed by atoms with Crippen molar-refractivity contribution in [2.45, 2.75) is 45.7 Å². The summed E-state index contributed by atoms with van der Waals surface area (Å²) >= 11 is 0. The van der Waals surface area contributed by atoms with E-state index in [-0.39, 0.29) is 6.03 Å². The molecule has 0 aromatic rings. The fourth-order valence-electron chi connectivity index (χ4n) is 1.79. The van der Waals surface area contributed by atoms with Gasteiger partial charge in [0.1, 0.15) is 0 Å². The van der Waals surface area contributed by atoms with Gasteiger partial charge < -0.3 is 15.5 Å². The maximum Gasteiger partial charge on any atom is 0.317 e. The lowest BCUT2D eigenvalue weighted by molar-refractivity contribution is 0.200. The Bertz CT molecular complexity index is 208. The van der Waals surface area contributed by atoms with E-state index in [0.29, 0.717) is 12.1 Å². The molecule has 2 amide bonds. The fraction of sp³-hybridized carbons (Fsp3) is 0.909. The lowest BCUT2D eigenvalue weighted by Gasteiger charge is -2.24. The van der Waals surface area contributed by atoms with E-state index < -0.39 is 0 Å². The Hall–Kier alpha value is -0.770. The molecule has 4 nitrogen and oxygen atoms in total. The summed E-state index contributed by atoms with van der Waals surface area (Å²) in [5.74, 6) is 0. The molecule has 0 aromatic carbocycles. The molecule has 15 heavy (non-hydrogen) atoms. The smallest absolute Gasteiger partial charge is 0.317 e. The standard InChI is InChI=1S/C11H23N3O/c1-4-5-6-12-9(2)8-14-10(3)7-13-11(14)15/h9-10,12H,4-8H2,1-3H3,(H,13,15). The van der Waals surface area contributed by atoms with Crippen molar-refractivity contribution in [2.75, 3.05) is 19.6 Å². The minimum atomic E-state index is 0.0756. The second-order valence-electron chi connectivity index (χ2n) is 4.40. The van der Waals surface area contributed by atoms with Crippen LogP contribution in [-0.2, 0) is 0 Å². The SMILES string of the molecule is CCCCNC(C)CN1C(=O)NCC1C. The molecule has 0 aromatic heterocycles. The minimum Gasteiger partial charge on any atom is -0.336 e. The summed E-state index contributed by atoms with van der Waals surface area (Å²) in [5.41, 5.74) is 0. The van der Waals surface area contributed by atoms with Gasteiger partial charge in [0.2, 0.25) is 0 Å². The van der Waals surface area contributed by atoms with E-state index in [4.69, 9.17) is 0 Å². The first kappa shape index (κ1) is 12.3. The molecule has 0 bridgehead atoms. The van der Waals surface area contributed by atoms with Gasteiger partial charge in [-0.2, -0.15) is 0 Å². The van der Waals surface area contributed by atoms with Crippen molar-refractivity contribution in [1.82, 2.24) is 15.5 Å². The van der Waals surface area contributed by atoms with E-state index in [1.807, 2.05) is 4.90 Å². The van der Waals surface area contributed by atoms with E-state index >= 15 is 0 Å². The number of hydrogen-bond acceptors (Lipinski definition) is 2. The summed E-state index contributed by atoms with van der Waals surface area (Å²) < 4.78 is 0. The van der Waals surface area contributed by atoms with Crippen LogP contribution in [0.4, 0.5) is 4.79 Å². The number of nitrogens with zero attached hydrogens (tertiary/aromatic N) is 1. The van der Waals surface area contributed by atoms with Gasteiger partial charge in [0.15, 0.2) is 0 Å². The highest BCUT2D eigenvalue weighted by molar-refractivity contribution is 5.76. The highest BCUT2D eigenvalue weighted by Gasteiger charge is 2.27. The molecule has 2 atom stereocenters. The van der Waals surface area contributed by atoms with E-state index in [0.717, 1.165) is 19.6 Å². The maximum atomic E-state index is 11.4. The summed E-state index contributed by atoms with van der Waals surface area (Å²) in [4.78, 5) is 13.3. The van der Waals surface area contributed by atoms with E-state index in [2.05, 4.69) is 31.4 Å². The van der Waals surface area contributed by atoms with Crippen LogP contribution in [0.1, 0.15) is 33.6 Å². The van der Waals surface area contributed by atoms with Crippen LogP contribution in [0.15, 0.2) is 0 Å². The fourth-order valence-corrected chi connectivity index (χ4v) is 1.79. The molecule has 1 fully saturated rings. The summed E-state index contributed by atoms with van der Waals surface area (Å²) in [7, 11) is 0. The van der Waals surface area contributed by atoms with Crippen molar-refractivity contribution in [3.8, 4) is 0 Å². The molecule has 0 spiro atoms. The Kier molecular flexibility index (Phi) is 4.88.